The Bertz CT molecular complexity index is 642. The largest absolute Gasteiger partial charge is 0.481 e. The van der Waals surface area contributed by atoms with Crippen molar-refractivity contribution in [3.63, 3.8) is 0 Å². The van der Waals surface area contributed by atoms with E-state index >= 15 is 0 Å². The van der Waals surface area contributed by atoms with Crippen LogP contribution in [0, 0.1) is 0 Å². The summed E-state index contributed by atoms with van der Waals surface area (Å²) in [6.07, 6.45) is 3.11. The molecule has 0 unspecified atom stereocenters. The first kappa shape index (κ1) is 15.1. The van der Waals surface area contributed by atoms with Gasteiger partial charge >= 0.3 is 0 Å². The van der Waals surface area contributed by atoms with Gasteiger partial charge in [0, 0.05) is 24.7 Å². The first-order chi connectivity index (χ1) is 10.7. The summed E-state index contributed by atoms with van der Waals surface area (Å²) in [6.45, 7) is 0.505. The summed E-state index contributed by atoms with van der Waals surface area (Å²) in [5.41, 5.74) is 8.30. The Labute approximate surface area is 129 Å². The van der Waals surface area contributed by atoms with Crippen molar-refractivity contribution in [2.75, 3.05) is 13.7 Å². The lowest BCUT2D eigenvalue weighted by Crippen LogP contribution is -2.41. The van der Waals surface area contributed by atoms with Gasteiger partial charge in [-0.15, -0.1) is 0 Å². The molecule has 3 atom stereocenters. The van der Waals surface area contributed by atoms with E-state index in [9.17, 15) is 5.11 Å². The van der Waals surface area contributed by atoms with E-state index in [1.54, 1.807) is 19.4 Å². The number of pyridine rings is 2. The molecule has 0 radical (unpaired) electrons. The van der Waals surface area contributed by atoms with Crippen LogP contribution in [-0.4, -0.2) is 47.0 Å². The molecule has 2 aromatic heterocycles. The van der Waals surface area contributed by atoms with Gasteiger partial charge in [0.2, 0.25) is 5.88 Å². The summed E-state index contributed by atoms with van der Waals surface area (Å²) in [5, 5.41) is 10.5. The molecule has 0 saturated carbocycles. The molecular weight excluding hydrogens is 282 g/mol. The van der Waals surface area contributed by atoms with Crippen LogP contribution in [0.15, 0.2) is 24.4 Å². The van der Waals surface area contributed by atoms with Gasteiger partial charge in [-0.3, -0.25) is 4.98 Å². The number of fused-ring (bicyclic) bond motifs is 1. The second kappa shape index (κ2) is 6.56. The molecule has 0 amide bonds. The molecule has 1 aliphatic rings. The Hall–Kier alpha value is -1.76. The number of aliphatic hydroxyl groups is 1. The maximum absolute atomic E-state index is 10.5. The molecule has 0 aliphatic carbocycles. The fourth-order valence-corrected chi connectivity index (χ4v) is 2.79. The fourth-order valence-electron chi connectivity index (χ4n) is 2.79. The summed E-state index contributed by atoms with van der Waals surface area (Å²) in [4.78, 5) is 8.75. The van der Waals surface area contributed by atoms with Crippen LogP contribution in [0.3, 0.4) is 0 Å². The highest BCUT2D eigenvalue weighted by Crippen LogP contribution is 2.23. The molecule has 22 heavy (non-hydrogen) atoms. The molecular formula is C16H21N3O3. The molecule has 6 heteroatoms. The number of nitrogens with two attached hydrogens (primary N) is 1. The van der Waals surface area contributed by atoms with Crippen molar-refractivity contribution in [2.24, 2.45) is 5.73 Å². The molecule has 6 nitrogen and oxygen atoms in total. The Morgan fingerprint density at radius 3 is 3.00 bits per heavy atom. The summed E-state index contributed by atoms with van der Waals surface area (Å²) < 4.78 is 10.8. The van der Waals surface area contributed by atoms with Crippen LogP contribution >= 0.6 is 0 Å². The number of aromatic nitrogens is 2. The van der Waals surface area contributed by atoms with Gasteiger partial charge in [-0.05, 0) is 30.5 Å². The van der Waals surface area contributed by atoms with Gasteiger partial charge in [-0.2, -0.15) is 0 Å². The predicted octanol–water partition coefficient (Wildman–Crippen LogP) is 1.05. The zero-order valence-electron chi connectivity index (χ0n) is 12.6. The van der Waals surface area contributed by atoms with E-state index in [0.29, 0.717) is 18.9 Å². The van der Waals surface area contributed by atoms with E-state index in [2.05, 4.69) is 9.97 Å². The van der Waals surface area contributed by atoms with Gasteiger partial charge in [0.1, 0.15) is 0 Å². The van der Waals surface area contributed by atoms with E-state index in [1.807, 2.05) is 12.1 Å². The van der Waals surface area contributed by atoms with Crippen LogP contribution in [-0.2, 0) is 11.2 Å². The highest BCUT2D eigenvalue weighted by molar-refractivity contribution is 5.78. The maximum Gasteiger partial charge on any atom is 0.213 e. The van der Waals surface area contributed by atoms with Crippen molar-refractivity contribution < 1.29 is 14.6 Å². The Morgan fingerprint density at radius 2 is 2.27 bits per heavy atom. The van der Waals surface area contributed by atoms with Crippen molar-refractivity contribution in [2.45, 2.75) is 37.5 Å². The smallest absolute Gasteiger partial charge is 0.213 e. The Morgan fingerprint density at radius 1 is 1.41 bits per heavy atom. The van der Waals surface area contributed by atoms with Crippen LogP contribution in [0.25, 0.3) is 11.0 Å². The molecule has 3 N–H and O–H groups in total. The van der Waals surface area contributed by atoms with E-state index < -0.39 is 6.10 Å². The molecule has 1 fully saturated rings. The number of hydrogen-bond acceptors (Lipinski definition) is 6. The highest BCUT2D eigenvalue weighted by atomic mass is 16.5. The minimum absolute atomic E-state index is 0.0798. The Kier molecular flexibility index (Phi) is 4.52. The second-order valence-electron chi connectivity index (χ2n) is 5.67. The van der Waals surface area contributed by atoms with E-state index in [4.69, 9.17) is 15.2 Å². The average Bonchev–Trinajstić information content (AvgIpc) is 2.55. The van der Waals surface area contributed by atoms with Crippen LogP contribution in [0.5, 0.6) is 5.88 Å². The number of aliphatic hydroxyl groups excluding tert-OH is 1. The molecule has 0 spiro atoms. The van der Waals surface area contributed by atoms with Crippen molar-refractivity contribution >= 4 is 11.0 Å². The van der Waals surface area contributed by atoms with E-state index in [1.165, 1.54) is 0 Å². The highest BCUT2D eigenvalue weighted by Gasteiger charge is 2.26. The predicted molar refractivity (Wildman–Crippen MR) is 82.8 cm³/mol. The standard InChI is InChI=1S/C16H21N3O3/c1-21-15-5-3-12-16(19-15)10(6-7-18-12)8-13(20)14-4-2-11(17)9-22-14/h3,5-7,11,13-14,20H,2,4,8-9,17H2,1H3/t11-,13+,14+/m1/s1. The maximum atomic E-state index is 10.5. The lowest BCUT2D eigenvalue weighted by atomic mass is 9.96. The average molecular weight is 303 g/mol. The fraction of sp³-hybridized carbons (Fsp3) is 0.500. The molecule has 3 rings (SSSR count). The molecule has 0 bridgehead atoms. The van der Waals surface area contributed by atoms with Gasteiger partial charge < -0.3 is 20.3 Å². The molecule has 1 aliphatic heterocycles. The lowest BCUT2D eigenvalue weighted by molar-refractivity contribution is -0.0671. The number of hydrogen-bond donors (Lipinski definition) is 2. The van der Waals surface area contributed by atoms with E-state index in [0.717, 1.165) is 29.4 Å². The third-order valence-corrected chi connectivity index (χ3v) is 4.06. The van der Waals surface area contributed by atoms with Gasteiger partial charge in [0.15, 0.2) is 0 Å². The number of nitrogens with zero attached hydrogens (tertiary/aromatic N) is 2. The van der Waals surface area contributed by atoms with Gasteiger partial charge in [0.05, 0.1) is 37.0 Å². The molecule has 0 aromatic carbocycles. The summed E-state index contributed by atoms with van der Waals surface area (Å²) in [5.74, 6) is 0.538. The number of rotatable bonds is 4. The number of methoxy groups -OCH3 is 1. The zero-order chi connectivity index (χ0) is 15.5. The molecule has 1 saturated heterocycles. The Balaban J connectivity index is 1.80. The summed E-state index contributed by atoms with van der Waals surface area (Å²) >= 11 is 0. The van der Waals surface area contributed by atoms with Gasteiger partial charge in [0.25, 0.3) is 0 Å². The van der Waals surface area contributed by atoms with E-state index in [-0.39, 0.29) is 12.1 Å². The quantitative estimate of drug-likeness (QED) is 0.877. The summed E-state index contributed by atoms with van der Waals surface area (Å²) in [7, 11) is 1.58. The van der Waals surface area contributed by atoms with Crippen molar-refractivity contribution in [3.05, 3.63) is 30.0 Å². The van der Waals surface area contributed by atoms with Crippen LogP contribution < -0.4 is 10.5 Å². The van der Waals surface area contributed by atoms with Crippen molar-refractivity contribution in [3.8, 4) is 5.88 Å². The molecule has 3 heterocycles. The number of ether oxygens (including phenoxy) is 2. The minimum Gasteiger partial charge on any atom is -0.481 e. The zero-order valence-corrected chi connectivity index (χ0v) is 12.6. The normalized spacial score (nSPS) is 23.4. The minimum atomic E-state index is -0.578. The van der Waals surface area contributed by atoms with Crippen molar-refractivity contribution in [1.82, 2.24) is 9.97 Å². The van der Waals surface area contributed by atoms with Gasteiger partial charge in [-0.1, -0.05) is 0 Å². The molecule has 118 valence electrons. The SMILES string of the molecule is COc1ccc2nccc(C[C@H](O)[C@@H]3CC[C@@H](N)CO3)c2n1. The third-order valence-electron chi connectivity index (χ3n) is 4.06. The van der Waals surface area contributed by atoms with Crippen LogP contribution in [0.2, 0.25) is 0 Å². The molecule has 2 aromatic rings. The lowest BCUT2D eigenvalue weighted by Gasteiger charge is -2.30. The van der Waals surface area contributed by atoms with Crippen molar-refractivity contribution in [1.29, 1.82) is 0 Å². The summed E-state index contributed by atoms with van der Waals surface area (Å²) in [6, 6.07) is 5.61. The first-order valence-corrected chi connectivity index (χ1v) is 7.51. The van der Waals surface area contributed by atoms with Crippen LogP contribution in [0.4, 0.5) is 0 Å². The monoisotopic (exact) mass is 303 g/mol. The second-order valence-corrected chi connectivity index (χ2v) is 5.67. The third kappa shape index (κ3) is 3.19. The van der Waals surface area contributed by atoms with Gasteiger partial charge in [-0.25, -0.2) is 4.98 Å². The van der Waals surface area contributed by atoms with Crippen LogP contribution in [0.1, 0.15) is 18.4 Å². The first-order valence-electron chi connectivity index (χ1n) is 7.51. The topological polar surface area (TPSA) is 90.5 Å².